The number of aryl methyl sites for hydroxylation is 1. The molecule has 0 aromatic heterocycles. The fraction of sp³-hybridized carbons (Fsp3) is 0.440. The van der Waals surface area contributed by atoms with Crippen molar-refractivity contribution >= 4 is 35.2 Å². The van der Waals surface area contributed by atoms with Crippen LogP contribution in [-0.2, 0) is 21.9 Å². The average molecular weight is 459 g/mol. The minimum atomic E-state index is -0.552. The zero-order valence-electron chi connectivity index (χ0n) is 18.3. The van der Waals surface area contributed by atoms with Crippen molar-refractivity contribution in [1.82, 2.24) is 10.2 Å². The Balaban J connectivity index is 1.66. The largest absolute Gasteiger partial charge is 0.352 e. The van der Waals surface area contributed by atoms with Crippen molar-refractivity contribution in [3.05, 3.63) is 70.2 Å². The van der Waals surface area contributed by atoms with Gasteiger partial charge in [0.05, 0.1) is 5.75 Å². The van der Waals surface area contributed by atoms with Crippen molar-refractivity contribution in [3.63, 3.8) is 0 Å². The van der Waals surface area contributed by atoms with Crippen molar-refractivity contribution < 1.29 is 9.59 Å². The van der Waals surface area contributed by atoms with Crippen LogP contribution in [-0.4, -0.2) is 34.6 Å². The van der Waals surface area contributed by atoms with Crippen molar-refractivity contribution in [1.29, 1.82) is 0 Å². The molecule has 1 unspecified atom stereocenters. The van der Waals surface area contributed by atoms with Gasteiger partial charge < -0.3 is 10.2 Å². The molecule has 1 atom stereocenters. The molecule has 2 amide bonds. The summed E-state index contributed by atoms with van der Waals surface area (Å²) < 4.78 is 0. The third kappa shape index (κ3) is 7.01. The number of amides is 2. The molecule has 1 N–H and O–H groups in total. The highest BCUT2D eigenvalue weighted by Gasteiger charge is 2.28. The lowest BCUT2D eigenvalue weighted by Crippen LogP contribution is -2.50. The van der Waals surface area contributed by atoms with Crippen LogP contribution in [0.3, 0.4) is 0 Å². The molecule has 2 aromatic carbocycles. The van der Waals surface area contributed by atoms with Crippen LogP contribution in [0.2, 0.25) is 5.02 Å². The second-order valence-corrected chi connectivity index (χ2v) is 9.65. The van der Waals surface area contributed by atoms with E-state index in [1.165, 1.54) is 11.1 Å². The minimum Gasteiger partial charge on any atom is -0.352 e. The van der Waals surface area contributed by atoms with Gasteiger partial charge in [0.2, 0.25) is 11.8 Å². The number of hydrogen-bond acceptors (Lipinski definition) is 3. The molecule has 0 spiro atoms. The number of nitrogens with zero attached hydrogens (tertiary/aromatic N) is 1. The number of hydrogen-bond donors (Lipinski definition) is 1. The zero-order chi connectivity index (χ0) is 22.2. The van der Waals surface area contributed by atoms with Gasteiger partial charge >= 0.3 is 0 Å². The Morgan fingerprint density at radius 1 is 1.13 bits per heavy atom. The van der Waals surface area contributed by atoms with Gasteiger partial charge in [-0.15, -0.1) is 11.8 Å². The summed E-state index contributed by atoms with van der Waals surface area (Å²) in [6.07, 6.45) is 4.33. The Morgan fingerprint density at radius 3 is 2.48 bits per heavy atom. The third-order valence-corrected chi connectivity index (χ3v) is 7.14. The van der Waals surface area contributed by atoms with Crippen molar-refractivity contribution in [3.8, 4) is 0 Å². The van der Waals surface area contributed by atoms with Crippen LogP contribution in [0.15, 0.2) is 48.5 Å². The Kier molecular flexibility index (Phi) is 8.85. The smallest absolute Gasteiger partial charge is 0.242 e. The molecule has 0 radical (unpaired) electrons. The molecule has 3 rings (SSSR count). The van der Waals surface area contributed by atoms with E-state index in [9.17, 15) is 9.59 Å². The molecule has 31 heavy (non-hydrogen) atoms. The SMILES string of the molecule is Cc1ccc(CSCC(=O)N(Cc2ccccc2Cl)C(C)C(=O)NC2CCCC2)cc1. The molecule has 1 aliphatic carbocycles. The van der Waals surface area contributed by atoms with Crippen molar-refractivity contribution in [2.75, 3.05) is 5.75 Å². The van der Waals surface area contributed by atoms with Gasteiger partial charge in [-0.2, -0.15) is 0 Å². The summed E-state index contributed by atoms with van der Waals surface area (Å²) in [5, 5.41) is 3.74. The van der Waals surface area contributed by atoms with Gasteiger partial charge in [-0.05, 0) is 43.9 Å². The van der Waals surface area contributed by atoms with Gasteiger partial charge in [0.15, 0.2) is 0 Å². The average Bonchev–Trinajstić information content (AvgIpc) is 3.27. The topological polar surface area (TPSA) is 49.4 Å². The van der Waals surface area contributed by atoms with Gasteiger partial charge in [0.1, 0.15) is 6.04 Å². The van der Waals surface area contributed by atoms with Crippen LogP contribution in [0.5, 0.6) is 0 Å². The van der Waals surface area contributed by atoms with Gasteiger partial charge in [0, 0.05) is 23.4 Å². The Bertz CT molecular complexity index is 881. The third-order valence-electron chi connectivity index (χ3n) is 5.78. The number of carbonyl (C=O) groups excluding carboxylic acids is 2. The van der Waals surface area contributed by atoms with Crippen molar-refractivity contribution in [2.24, 2.45) is 0 Å². The molecule has 0 saturated heterocycles. The molecule has 1 fully saturated rings. The van der Waals surface area contributed by atoms with Gasteiger partial charge in [-0.25, -0.2) is 0 Å². The Hall–Kier alpha value is -1.98. The van der Waals surface area contributed by atoms with Crippen LogP contribution in [0.25, 0.3) is 0 Å². The first kappa shape index (κ1) is 23.7. The second-order valence-electron chi connectivity index (χ2n) is 8.26. The fourth-order valence-electron chi connectivity index (χ4n) is 3.81. The fourth-order valence-corrected chi connectivity index (χ4v) is 4.87. The van der Waals surface area contributed by atoms with E-state index in [1.54, 1.807) is 16.7 Å². The first-order chi connectivity index (χ1) is 14.9. The molecule has 166 valence electrons. The van der Waals surface area contributed by atoms with E-state index in [4.69, 9.17) is 11.6 Å². The molecular formula is C25H31ClN2O2S. The summed E-state index contributed by atoms with van der Waals surface area (Å²) >= 11 is 7.92. The van der Waals surface area contributed by atoms with E-state index in [1.807, 2.05) is 31.2 Å². The summed E-state index contributed by atoms with van der Waals surface area (Å²) in [7, 11) is 0. The monoisotopic (exact) mass is 458 g/mol. The first-order valence-electron chi connectivity index (χ1n) is 10.9. The van der Waals surface area contributed by atoms with Crippen LogP contribution >= 0.6 is 23.4 Å². The summed E-state index contributed by atoms with van der Waals surface area (Å²) in [5.41, 5.74) is 3.26. The van der Waals surface area contributed by atoms with E-state index in [2.05, 4.69) is 36.5 Å². The Morgan fingerprint density at radius 2 is 1.81 bits per heavy atom. The Labute approximate surface area is 194 Å². The predicted octanol–water partition coefficient (Wildman–Crippen LogP) is 5.36. The summed E-state index contributed by atoms with van der Waals surface area (Å²) in [5.74, 6) is 0.940. The maximum Gasteiger partial charge on any atom is 0.242 e. The summed E-state index contributed by atoms with van der Waals surface area (Å²) in [6, 6.07) is 15.5. The molecule has 6 heteroatoms. The van der Waals surface area contributed by atoms with E-state index in [0.717, 1.165) is 37.0 Å². The standard InChI is InChI=1S/C25H31ClN2O2S/c1-18-11-13-20(14-12-18)16-31-17-24(29)28(15-21-7-3-6-10-23(21)26)19(2)25(30)27-22-8-4-5-9-22/h3,6-7,10-14,19,22H,4-5,8-9,15-17H2,1-2H3,(H,27,30). The number of nitrogens with one attached hydrogen (secondary N) is 1. The maximum atomic E-state index is 13.2. The molecular weight excluding hydrogens is 428 g/mol. The minimum absolute atomic E-state index is 0.0499. The molecule has 0 heterocycles. The highest BCUT2D eigenvalue weighted by atomic mass is 35.5. The van der Waals surface area contributed by atoms with E-state index in [-0.39, 0.29) is 17.9 Å². The van der Waals surface area contributed by atoms with Gasteiger partial charge in [0.25, 0.3) is 0 Å². The number of rotatable bonds is 9. The van der Waals surface area contributed by atoms with Gasteiger partial charge in [-0.1, -0.05) is 72.5 Å². The number of benzene rings is 2. The maximum absolute atomic E-state index is 13.2. The lowest BCUT2D eigenvalue weighted by Gasteiger charge is -2.30. The normalized spacial score (nSPS) is 14.9. The summed E-state index contributed by atoms with van der Waals surface area (Å²) in [6.45, 7) is 4.19. The molecule has 1 saturated carbocycles. The highest BCUT2D eigenvalue weighted by molar-refractivity contribution is 7.99. The summed E-state index contributed by atoms with van der Waals surface area (Å²) in [4.78, 5) is 27.7. The number of halogens is 1. The predicted molar refractivity (Wildman–Crippen MR) is 129 cm³/mol. The second kappa shape index (κ2) is 11.6. The molecule has 4 nitrogen and oxygen atoms in total. The van der Waals surface area contributed by atoms with Crippen LogP contribution in [0.1, 0.15) is 49.3 Å². The van der Waals surface area contributed by atoms with Crippen LogP contribution < -0.4 is 5.32 Å². The first-order valence-corrected chi connectivity index (χ1v) is 12.4. The van der Waals surface area contributed by atoms with E-state index < -0.39 is 6.04 Å². The number of thioether (sulfide) groups is 1. The van der Waals surface area contributed by atoms with E-state index in [0.29, 0.717) is 17.3 Å². The van der Waals surface area contributed by atoms with Crippen LogP contribution in [0, 0.1) is 6.92 Å². The zero-order valence-corrected chi connectivity index (χ0v) is 19.8. The number of carbonyl (C=O) groups is 2. The molecule has 0 bridgehead atoms. The lowest BCUT2D eigenvalue weighted by atomic mass is 10.1. The molecule has 1 aliphatic rings. The lowest BCUT2D eigenvalue weighted by molar-refractivity contribution is -0.138. The highest BCUT2D eigenvalue weighted by Crippen LogP contribution is 2.22. The van der Waals surface area contributed by atoms with E-state index >= 15 is 0 Å². The van der Waals surface area contributed by atoms with Crippen molar-refractivity contribution in [2.45, 2.75) is 63.9 Å². The molecule has 0 aliphatic heterocycles. The quantitative estimate of drug-likeness (QED) is 0.550. The van der Waals surface area contributed by atoms with Crippen LogP contribution in [0.4, 0.5) is 0 Å². The molecule has 2 aromatic rings. The van der Waals surface area contributed by atoms with Gasteiger partial charge in [-0.3, -0.25) is 9.59 Å².